The van der Waals surface area contributed by atoms with Crippen molar-refractivity contribution < 1.29 is 4.79 Å². The van der Waals surface area contributed by atoms with E-state index in [0.29, 0.717) is 18.0 Å². The van der Waals surface area contributed by atoms with E-state index in [9.17, 15) is 4.79 Å². The Kier molecular flexibility index (Phi) is 4.93. The first-order chi connectivity index (χ1) is 13.1. The number of nitrogens with one attached hydrogen (secondary N) is 1. The van der Waals surface area contributed by atoms with Gasteiger partial charge in [-0.25, -0.2) is 4.98 Å². The summed E-state index contributed by atoms with van der Waals surface area (Å²) in [5, 5.41) is 3.13. The van der Waals surface area contributed by atoms with Crippen LogP contribution >= 0.6 is 11.8 Å². The van der Waals surface area contributed by atoms with Crippen LogP contribution in [0.3, 0.4) is 0 Å². The molecule has 0 aliphatic heterocycles. The Balaban J connectivity index is 1.37. The summed E-state index contributed by atoms with van der Waals surface area (Å²) in [7, 11) is 0. The van der Waals surface area contributed by atoms with Crippen LogP contribution in [0.2, 0.25) is 0 Å². The van der Waals surface area contributed by atoms with Crippen LogP contribution < -0.4 is 11.1 Å². The van der Waals surface area contributed by atoms with Crippen LogP contribution in [-0.4, -0.2) is 27.4 Å². The molecular formula is C21H24N4OS. The molecule has 3 aromatic rings. The molecule has 0 radical (unpaired) electrons. The Bertz CT molecular complexity index is 915. The van der Waals surface area contributed by atoms with E-state index in [-0.39, 0.29) is 11.4 Å². The molecule has 1 aliphatic rings. The number of carbonyl (C=O) groups excluding carboxylic acids is 1. The van der Waals surface area contributed by atoms with Crippen molar-refractivity contribution in [3.63, 3.8) is 0 Å². The van der Waals surface area contributed by atoms with Gasteiger partial charge in [-0.1, -0.05) is 6.07 Å². The first-order valence-electron chi connectivity index (χ1n) is 9.25. The minimum atomic E-state index is -0.298. The van der Waals surface area contributed by atoms with Crippen LogP contribution in [0, 0.1) is 5.92 Å². The highest BCUT2D eigenvalue weighted by molar-refractivity contribution is 7.98. The molecule has 1 fully saturated rings. The fourth-order valence-electron chi connectivity index (χ4n) is 3.29. The summed E-state index contributed by atoms with van der Waals surface area (Å²) in [6.45, 7) is 2.51. The standard InChI is InChI=1S/C21H24N4OS/c1-21(14-22,16-7-8-16)24-20(26)15-5-9-18(10-6-15)27-13-17-12-25-11-3-2-4-19(25)23-17/h2-6,9-12,16H,7-8,13-14,22H2,1H3,(H,24,26). The summed E-state index contributed by atoms with van der Waals surface area (Å²) in [4.78, 5) is 18.3. The van der Waals surface area contributed by atoms with Gasteiger partial charge in [0.1, 0.15) is 5.65 Å². The number of amides is 1. The van der Waals surface area contributed by atoms with Crippen molar-refractivity contribution in [2.45, 2.75) is 36.0 Å². The van der Waals surface area contributed by atoms with Gasteiger partial charge in [0.2, 0.25) is 0 Å². The van der Waals surface area contributed by atoms with Gasteiger partial charge in [-0.2, -0.15) is 0 Å². The van der Waals surface area contributed by atoms with Crippen molar-refractivity contribution >= 4 is 23.3 Å². The zero-order chi connectivity index (χ0) is 18.9. The molecule has 5 nitrogen and oxygen atoms in total. The van der Waals surface area contributed by atoms with E-state index in [2.05, 4.69) is 16.5 Å². The second-order valence-corrected chi connectivity index (χ2v) is 8.41. The van der Waals surface area contributed by atoms with E-state index in [1.54, 1.807) is 11.8 Å². The maximum atomic E-state index is 12.6. The monoisotopic (exact) mass is 380 g/mol. The highest BCUT2D eigenvalue weighted by Gasteiger charge is 2.41. The Morgan fingerprint density at radius 2 is 2.07 bits per heavy atom. The lowest BCUT2D eigenvalue weighted by Gasteiger charge is -2.29. The molecule has 1 saturated carbocycles. The van der Waals surface area contributed by atoms with Crippen LogP contribution in [0.4, 0.5) is 0 Å². The van der Waals surface area contributed by atoms with Crippen molar-refractivity contribution in [1.82, 2.24) is 14.7 Å². The van der Waals surface area contributed by atoms with Crippen molar-refractivity contribution in [1.29, 1.82) is 0 Å². The van der Waals surface area contributed by atoms with Crippen LogP contribution in [0.25, 0.3) is 5.65 Å². The third-order valence-corrected chi connectivity index (χ3v) is 6.26. The van der Waals surface area contributed by atoms with Crippen LogP contribution in [0.5, 0.6) is 0 Å². The fraction of sp³-hybridized carbons (Fsp3) is 0.333. The third kappa shape index (κ3) is 4.01. The van der Waals surface area contributed by atoms with E-state index in [4.69, 9.17) is 5.73 Å². The average Bonchev–Trinajstić information content (AvgIpc) is 3.47. The summed E-state index contributed by atoms with van der Waals surface area (Å²) in [6.07, 6.45) is 6.34. The SMILES string of the molecule is CC(CN)(NC(=O)c1ccc(SCc2cn3ccccc3n2)cc1)C1CC1. The molecule has 1 atom stereocenters. The summed E-state index contributed by atoms with van der Waals surface area (Å²) >= 11 is 1.71. The van der Waals surface area contributed by atoms with Gasteiger partial charge < -0.3 is 15.5 Å². The first kappa shape index (κ1) is 18.1. The number of fused-ring (bicyclic) bond motifs is 1. The Morgan fingerprint density at radius 1 is 1.30 bits per heavy atom. The van der Waals surface area contributed by atoms with Gasteiger partial charge in [-0.3, -0.25) is 4.79 Å². The van der Waals surface area contributed by atoms with E-state index in [1.807, 2.05) is 60.0 Å². The molecule has 1 amide bonds. The van der Waals surface area contributed by atoms with Crippen molar-refractivity contribution in [2.24, 2.45) is 11.7 Å². The highest BCUT2D eigenvalue weighted by Crippen LogP contribution is 2.39. The second-order valence-electron chi connectivity index (χ2n) is 7.36. The van der Waals surface area contributed by atoms with Gasteiger partial charge >= 0.3 is 0 Å². The van der Waals surface area contributed by atoms with Crippen LogP contribution in [0.1, 0.15) is 35.8 Å². The summed E-state index contributed by atoms with van der Waals surface area (Å²) < 4.78 is 2.03. The topological polar surface area (TPSA) is 72.4 Å². The molecule has 4 rings (SSSR count). The number of hydrogen-bond acceptors (Lipinski definition) is 4. The van der Waals surface area contributed by atoms with Gasteiger partial charge in [0, 0.05) is 35.2 Å². The number of rotatable bonds is 7. The molecule has 0 spiro atoms. The minimum Gasteiger partial charge on any atom is -0.345 e. The fourth-order valence-corrected chi connectivity index (χ4v) is 4.07. The zero-order valence-corrected chi connectivity index (χ0v) is 16.2. The largest absolute Gasteiger partial charge is 0.345 e. The molecule has 1 unspecified atom stereocenters. The van der Waals surface area contributed by atoms with Crippen molar-refractivity contribution in [2.75, 3.05) is 6.54 Å². The molecular weight excluding hydrogens is 356 g/mol. The van der Waals surface area contributed by atoms with E-state index >= 15 is 0 Å². The summed E-state index contributed by atoms with van der Waals surface area (Å²) in [5.41, 5.74) is 8.27. The van der Waals surface area contributed by atoms with Gasteiger partial charge in [-0.05, 0) is 62.1 Å². The lowest BCUT2D eigenvalue weighted by molar-refractivity contribution is 0.0898. The lowest BCUT2D eigenvalue weighted by Crippen LogP contribution is -2.53. The molecule has 6 heteroatoms. The van der Waals surface area contributed by atoms with E-state index in [1.165, 1.54) is 0 Å². The Labute approximate surface area is 163 Å². The number of benzene rings is 1. The average molecular weight is 381 g/mol. The maximum absolute atomic E-state index is 12.6. The highest BCUT2D eigenvalue weighted by atomic mass is 32.2. The number of hydrogen-bond donors (Lipinski definition) is 2. The second kappa shape index (κ2) is 7.37. The molecule has 140 valence electrons. The molecule has 2 aromatic heterocycles. The van der Waals surface area contributed by atoms with E-state index < -0.39 is 0 Å². The van der Waals surface area contributed by atoms with Crippen LogP contribution in [0.15, 0.2) is 59.8 Å². The number of carbonyl (C=O) groups is 1. The van der Waals surface area contributed by atoms with Gasteiger partial charge in [0.15, 0.2) is 0 Å². The number of imidazole rings is 1. The molecule has 27 heavy (non-hydrogen) atoms. The predicted octanol–water partition coefficient (Wildman–Crippen LogP) is 3.48. The number of nitrogens with two attached hydrogens (primary N) is 1. The number of thioether (sulfide) groups is 1. The van der Waals surface area contributed by atoms with Gasteiger partial charge in [0.05, 0.1) is 11.2 Å². The number of pyridine rings is 1. The molecule has 3 N–H and O–H groups in total. The van der Waals surface area contributed by atoms with E-state index in [0.717, 1.165) is 34.8 Å². The smallest absolute Gasteiger partial charge is 0.251 e. The third-order valence-electron chi connectivity index (χ3n) is 5.22. The summed E-state index contributed by atoms with van der Waals surface area (Å²) in [6, 6.07) is 13.7. The Morgan fingerprint density at radius 3 is 2.74 bits per heavy atom. The number of nitrogens with zero attached hydrogens (tertiary/aromatic N) is 2. The van der Waals surface area contributed by atoms with Crippen molar-refractivity contribution in [3.05, 3.63) is 66.1 Å². The van der Waals surface area contributed by atoms with Crippen molar-refractivity contribution in [3.8, 4) is 0 Å². The first-order valence-corrected chi connectivity index (χ1v) is 10.2. The molecule has 0 bridgehead atoms. The Hall–Kier alpha value is -2.31. The maximum Gasteiger partial charge on any atom is 0.251 e. The van der Waals surface area contributed by atoms with Gasteiger partial charge in [-0.15, -0.1) is 11.8 Å². The number of aromatic nitrogens is 2. The predicted molar refractivity (Wildman–Crippen MR) is 109 cm³/mol. The molecule has 0 saturated heterocycles. The normalized spacial score (nSPS) is 16.2. The van der Waals surface area contributed by atoms with Crippen LogP contribution in [-0.2, 0) is 5.75 Å². The van der Waals surface area contributed by atoms with Gasteiger partial charge in [0.25, 0.3) is 5.91 Å². The molecule has 2 heterocycles. The summed E-state index contributed by atoms with van der Waals surface area (Å²) in [5.74, 6) is 1.25. The quantitative estimate of drug-likeness (QED) is 0.616. The lowest BCUT2D eigenvalue weighted by atomic mass is 9.95. The zero-order valence-electron chi connectivity index (χ0n) is 15.4. The molecule has 1 aromatic carbocycles. The molecule has 1 aliphatic carbocycles. The minimum absolute atomic E-state index is 0.0493.